The van der Waals surface area contributed by atoms with E-state index in [1.165, 1.54) is 71.0 Å². The van der Waals surface area contributed by atoms with Gasteiger partial charge in [-0.25, -0.2) is 0 Å². The Bertz CT molecular complexity index is 282. The maximum atomic E-state index is 3.62. The van der Waals surface area contributed by atoms with E-state index in [2.05, 4.69) is 24.2 Å². The molecule has 3 rings (SSSR count). The van der Waals surface area contributed by atoms with Crippen LogP contribution in [0.15, 0.2) is 0 Å². The van der Waals surface area contributed by atoms with Crippen molar-refractivity contribution >= 4 is 0 Å². The van der Waals surface area contributed by atoms with Gasteiger partial charge in [-0.3, -0.25) is 0 Å². The summed E-state index contributed by atoms with van der Waals surface area (Å²) in [6.07, 6.45) is 11.7. The monoisotopic (exact) mass is 278 g/mol. The van der Waals surface area contributed by atoms with Crippen LogP contribution >= 0.6 is 0 Å². The predicted molar refractivity (Wildman–Crippen MR) is 85.9 cm³/mol. The smallest absolute Gasteiger partial charge is 0.0105 e. The van der Waals surface area contributed by atoms with E-state index in [-0.39, 0.29) is 0 Å². The summed E-state index contributed by atoms with van der Waals surface area (Å²) in [6.45, 7) is 6.56. The summed E-state index contributed by atoms with van der Waals surface area (Å²) in [5.74, 6) is 3.99. The molecule has 2 heteroatoms. The van der Waals surface area contributed by atoms with Gasteiger partial charge in [-0.1, -0.05) is 13.3 Å². The highest BCUT2D eigenvalue weighted by atomic mass is 15.1. The molecule has 0 aromatic rings. The lowest BCUT2D eigenvalue weighted by molar-refractivity contribution is 0.134. The van der Waals surface area contributed by atoms with Gasteiger partial charge in [0.15, 0.2) is 0 Å². The van der Waals surface area contributed by atoms with Gasteiger partial charge in [-0.05, 0) is 75.7 Å². The molecule has 20 heavy (non-hydrogen) atoms. The maximum Gasteiger partial charge on any atom is 0.0105 e. The first-order valence-electron chi connectivity index (χ1n) is 9.18. The summed E-state index contributed by atoms with van der Waals surface area (Å²) in [6, 6.07) is 0.777. The minimum absolute atomic E-state index is 0.777. The Morgan fingerprint density at radius 3 is 1.95 bits per heavy atom. The van der Waals surface area contributed by atoms with Crippen LogP contribution < -0.4 is 5.32 Å². The Hall–Kier alpha value is -0.0800. The Morgan fingerprint density at radius 2 is 1.45 bits per heavy atom. The average Bonchev–Trinajstić information content (AvgIpc) is 3.35. The van der Waals surface area contributed by atoms with Crippen molar-refractivity contribution in [2.24, 2.45) is 23.7 Å². The Labute approximate surface area is 125 Å². The molecule has 0 saturated heterocycles. The van der Waals surface area contributed by atoms with Crippen LogP contribution in [0.4, 0.5) is 0 Å². The number of nitrogens with one attached hydrogen (secondary N) is 1. The van der Waals surface area contributed by atoms with E-state index in [1.54, 1.807) is 0 Å². The van der Waals surface area contributed by atoms with Crippen molar-refractivity contribution in [2.45, 2.75) is 64.3 Å². The molecular formula is C18H34N2. The fraction of sp³-hybridized carbons (Fsp3) is 1.00. The highest BCUT2D eigenvalue weighted by Gasteiger charge is 2.34. The molecule has 3 aliphatic carbocycles. The quantitative estimate of drug-likeness (QED) is 0.731. The van der Waals surface area contributed by atoms with E-state index < -0.39 is 0 Å². The van der Waals surface area contributed by atoms with Crippen molar-refractivity contribution < 1.29 is 0 Å². The highest BCUT2D eigenvalue weighted by molar-refractivity contribution is 4.89. The topological polar surface area (TPSA) is 15.3 Å². The second kappa shape index (κ2) is 6.79. The van der Waals surface area contributed by atoms with Crippen LogP contribution in [0.2, 0.25) is 0 Å². The molecule has 0 aromatic carbocycles. The zero-order valence-corrected chi connectivity index (χ0v) is 13.6. The van der Waals surface area contributed by atoms with E-state index in [1.807, 2.05) is 0 Å². The molecule has 3 unspecified atom stereocenters. The molecule has 0 bridgehead atoms. The maximum absolute atomic E-state index is 3.62. The number of hydrogen-bond acceptors (Lipinski definition) is 2. The van der Waals surface area contributed by atoms with Crippen LogP contribution in [0.25, 0.3) is 0 Å². The van der Waals surface area contributed by atoms with Crippen LogP contribution in [-0.4, -0.2) is 37.6 Å². The van der Waals surface area contributed by atoms with Crippen molar-refractivity contribution in [3.05, 3.63) is 0 Å². The van der Waals surface area contributed by atoms with Gasteiger partial charge in [0.1, 0.15) is 0 Å². The molecule has 0 spiro atoms. The zero-order valence-electron chi connectivity index (χ0n) is 13.6. The van der Waals surface area contributed by atoms with Gasteiger partial charge in [0.05, 0.1) is 0 Å². The number of nitrogens with zero attached hydrogens (tertiary/aromatic N) is 1. The second-order valence-corrected chi connectivity index (χ2v) is 7.85. The lowest BCUT2D eigenvalue weighted by Crippen LogP contribution is -2.45. The number of rotatable bonds is 8. The standard InChI is InChI=1S/C18H34N2/c1-3-14-8-9-18(19-2)17(10-14)13-20(11-15-4-5-15)12-16-6-7-16/h14-19H,3-13H2,1-2H3. The Kier molecular flexibility index (Phi) is 5.04. The molecule has 1 N–H and O–H groups in total. The first-order valence-corrected chi connectivity index (χ1v) is 9.18. The molecule has 0 radical (unpaired) electrons. The van der Waals surface area contributed by atoms with E-state index in [0.717, 1.165) is 29.7 Å². The average molecular weight is 278 g/mol. The van der Waals surface area contributed by atoms with Crippen LogP contribution in [0.5, 0.6) is 0 Å². The van der Waals surface area contributed by atoms with Crippen molar-refractivity contribution in [2.75, 3.05) is 26.7 Å². The summed E-state index contributed by atoms with van der Waals surface area (Å²) in [7, 11) is 2.18. The van der Waals surface area contributed by atoms with E-state index in [9.17, 15) is 0 Å². The van der Waals surface area contributed by atoms with Crippen LogP contribution in [0, 0.1) is 23.7 Å². The van der Waals surface area contributed by atoms with Gasteiger partial charge in [-0.15, -0.1) is 0 Å². The number of hydrogen-bond donors (Lipinski definition) is 1. The van der Waals surface area contributed by atoms with Gasteiger partial charge < -0.3 is 10.2 Å². The first-order chi connectivity index (χ1) is 9.78. The van der Waals surface area contributed by atoms with Crippen molar-refractivity contribution in [3.8, 4) is 0 Å². The van der Waals surface area contributed by atoms with Gasteiger partial charge in [0.25, 0.3) is 0 Å². The van der Waals surface area contributed by atoms with Crippen LogP contribution in [0.3, 0.4) is 0 Å². The molecule has 0 heterocycles. The van der Waals surface area contributed by atoms with Gasteiger partial charge >= 0.3 is 0 Å². The summed E-state index contributed by atoms with van der Waals surface area (Å²) < 4.78 is 0. The SMILES string of the molecule is CCC1CCC(NC)C(CN(CC2CC2)CC2CC2)C1. The minimum Gasteiger partial charge on any atom is -0.317 e. The lowest BCUT2D eigenvalue weighted by atomic mass is 9.76. The summed E-state index contributed by atoms with van der Waals surface area (Å²) >= 11 is 0. The molecule has 3 atom stereocenters. The van der Waals surface area contributed by atoms with Gasteiger partial charge in [-0.2, -0.15) is 0 Å². The molecule has 3 saturated carbocycles. The molecule has 0 aromatic heterocycles. The van der Waals surface area contributed by atoms with Gasteiger partial charge in [0, 0.05) is 25.7 Å². The van der Waals surface area contributed by atoms with Crippen LogP contribution in [0.1, 0.15) is 58.3 Å². The fourth-order valence-corrected chi connectivity index (χ4v) is 4.20. The molecule has 116 valence electrons. The van der Waals surface area contributed by atoms with E-state index in [0.29, 0.717) is 0 Å². The summed E-state index contributed by atoms with van der Waals surface area (Å²) in [5.41, 5.74) is 0. The zero-order chi connectivity index (χ0) is 13.9. The van der Waals surface area contributed by atoms with Crippen molar-refractivity contribution in [1.29, 1.82) is 0 Å². The molecular weight excluding hydrogens is 244 g/mol. The van der Waals surface area contributed by atoms with Crippen molar-refractivity contribution in [3.63, 3.8) is 0 Å². The summed E-state index contributed by atoms with van der Waals surface area (Å²) in [4.78, 5) is 2.85. The molecule has 3 fully saturated rings. The molecule has 2 nitrogen and oxygen atoms in total. The van der Waals surface area contributed by atoms with E-state index >= 15 is 0 Å². The third kappa shape index (κ3) is 4.21. The lowest BCUT2D eigenvalue weighted by Gasteiger charge is -2.39. The Morgan fingerprint density at radius 1 is 0.850 bits per heavy atom. The summed E-state index contributed by atoms with van der Waals surface area (Å²) in [5, 5.41) is 3.62. The second-order valence-electron chi connectivity index (χ2n) is 7.85. The molecule has 0 aliphatic heterocycles. The molecule has 0 amide bonds. The Balaban J connectivity index is 1.54. The third-order valence-corrected chi connectivity index (χ3v) is 5.96. The first kappa shape index (κ1) is 14.8. The van der Waals surface area contributed by atoms with Gasteiger partial charge in [0.2, 0.25) is 0 Å². The van der Waals surface area contributed by atoms with Crippen molar-refractivity contribution in [1.82, 2.24) is 10.2 Å². The minimum atomic E-state index is 0.777. The molecule has 3 aliphatic rings. The fourth-order valence-electron chi connectivity index (χ4n) is 4.20. The highest BCUT2D eigenvalue weighted by Crippen LogP contribution is 2.36. The van der Waals surface area contributed by atoms with Crippen LogP contribution in [-0.2, 0) is 0 Å². The predicted octanol–water partition coefficient (Wildman–Crippen LogP) is 3.52. The largest absolute Gasteiger partial charge is 0.317 e. The third-order valence-electron chi connectivity index (χ3n) is 5.96. The van der Waals surface area contributed by atoms with E-state index in [4.69, 9.17) is 0 Å². The normalized spacial score (nSPS) is 34.6.